The van der Waals surface area contributed by atoms with Crippen molar-refractivity contribution in [2.24, 2.45) is 0 Å². The molecule has 2 atom stereocenters. The topological polar surface area (TPSA) is 124 Å². The number of rotatable bonds is 4. The van der Waals surface area contributed by atoms with Gasteiger partial charge in [0.25, 0.3) is 0 Å². The molecule has 0 heterocycles. The molecular weight excluding hydrogens is 214 g/mol. The number of benzene rings is 1. The van der Waals surface area contributed by atoms with Gasteiger partial charge in [0.05, 0.1) is 18.2 Å². The van der Waals surface area contributed by atoms with E-state index in [1.165, 1.54) is 18.2 Å². The fourth-order valence-electron chi connectivity index (χ4n) is 1.32. The van der Waals surface area contributed by atoms with Gasteiger partial charge in [-0.25, -0.2) is 0 Å². The average molecular weight is 227 g/mol. The molecule has 0 saturated heterocycles. The third-order valence-electron chi connectivity index (χ3n) is 2.17. The highest BCUT2D eigenvalue weighted by atomic mass is 16.4. The lowest BCUT2D eigenvalue weighted by Crippen LogP contribution is -2.21. The summed E-state index contributed by atoms with van der Waals surface area (Å²) in [4.78, 5) is 10.3. The van der Waals surface area contributed by atoms with Crippen LogP contribution >= 0.6 is 0 Å². The molecule has 16 heavy (non-hydrogen) atoms. The summed E-state index contributed by atoms with van der Waals surface area (Å²) in [5.41, 5.74) is 5.46. The van der Waals surface area contributed by atoms with Gasteiger partial charge in [-0.15, -0.1) is 0 Å². The maximum absolute atomic E-state index is 10.3. The maximum Gasteiger partial charge on any atom is 0.306 e. The van der Waals surface area contributed by atoms with Crippen LogP contribution in [-0.4, -0.2) is 32.5 Å². The lowest BCUT2D eigenvalue weighted by Gasteiger charge is -2.18. The molecule has 0 aliphatic heterocycles. The number of carboxylic acid groups (broad SMARTS) is 1. The Morgan fingerprint density at radius 2 is 2.00 bits per heavy atom. The normalized spacial score (nSPS) is 14.4. The Bertz CT molecular complexity index is 393. The predicted molar refractivity (Wildman–Crippen MR) is 55.7 cm³/mol. The number of aliphatic hydroxyl groups is 2. The average Bonchev–Trinajstić information content (AvgIpc) is 2.20. The van der Waals surface area contributed by atoms with Gasteiger partial charge >= 0.3 is 5.97 Å². The van der Waals surface area contributed by atoms with Crippen molar-refractivity contribution in [1.29, 1.82) is 0 Å². The van der Waals surface area contributed by atoms with Gasteiger partial charge in [-0.3, -0.25) is 4.79 Å². The first-order valence-electron chi connectivity index (χ1n) is 4.58. The highest BCUT2D eigenvalue weighted by Crippen LogP contribution is 2.31. The molecule has 6 heteroatoms. The first kappa shape index (κ1) is 12.3. The highest BCUT2D eigenvalue weighted by molar-refractivity contribution is 5.67. The minimum atomic E-state index is -1.50. The van der Waals surface area contributed by atoms with E-state index in [9.17, 15) is 20.1 Å². The first-order chi connectivity index (χ1) is 7.43. The van der Waals surface area contributed by atoms with Crippen LogP contribution in [0.25, 0.3) is 0 Å². The zero-order chi connectivity index (χ0) is 12.3. The van der Waals surface area contributed by atoms with Crippen LogP contribution in [-0.2, 0) is 4.79 Å². The summed E-state index contributed by atoms with van der Waals surface area (Å²) in [7, 11) is 0. The summed E-state index contributed by atoms with van der Waals surface area (Å²) in [6.45, 7) is 0. The highest BCUT2D eigenvalue weighted by Gasteiger charge is 2.24. The van der Waals surface area contributed by atoms with Crippen LogP contribution in [0.2, 0.25) is 0 Å². The van der Waals surface area contributed by atoms with Gasteiger partial charge in [0.1, 0.15) is 11.9 Å². The van der Waals surface area contributed by atoms with Crippen molar-refractivity contribution in [2.45, 2.75) is 18.6 Å². The van der Waals surface area contributed by atoms with Gasteiger partial charge in [0.15, 0.2) is 0 Å². The van der Waals surface area contributed by atoms with Crippen molar-refractivity contribution < 1.29 is 25.2 Å². The van der Waals surface area contributed by atoms with Crippen molar-refractivity contribution in [3.8, 4) is 5.75 Å². The van der Waals surface area contributed by atoms with Crippen LogP contribution in [0.1, 0.15) is 18.1 Å². The Kier molecular flexibility index (Phi) is 3.70. The number of carboxylic acids is 1. The molecule has 1 rings (SSSR count). The fourth-order valence-corrected chi connectivity index (χ4v) is 1.32. The summed E-state index contributed by atoms with van der Waals surface area (Å²) < 4.78 is 0. The number of aliphatic hydroxyl groups excluding tert-OH is 2. The van der Waals surface area contributed by atoms with E-state index in [0.29, 0.717) is 0 Å². The molecule has 0 aliphatic carbocycles. The van der Waals surface area contributed by atoms with Crippen LogP contribution < -0.4 is 5.73 Å². The second-order valence-electron chi connectivity index (χ2n) is 3.40. The molecule has 0 radical (unpaired) electrons. The lowest BCUT2D eigenvalue weighted by atomic mass is 10.0. The number of nitrogens with two attached hydrogens (primary N) is 1. The third kappa shape index (κ3) is 2.62. The minimum absolute atomic E-state index is 0.00810. The van der Waals surface area contributed by atoms with E-state index < -0.39 is 24.6 Å². The second kappa shape index (κ2) is 4.82. The number of phenols is 1. The van der Waals surface area contributed by atoms with Gasteiger partial charge in [-0.1, -0.05) is 12.1 Å². The zero-order valence-electron chi connectivity index (χ0n) is 8.37. The number of hydrogen-bond acceptors (Lipinski definition) is 5. The number of aliphatic carboxylic acids is 1. The van der Waals surface area contributed by atoms with Crippen molar-refractivity contribution in [2.75, 3.05) is 5.73 Å². The molecule has 0 saturated carbocycles. The summed E-state index contributed by atoms with van der Waals surface area (Å²) >= 11 is 0. The molecule has 0 amide bonds. The molecule has 6 N–H and O–H groups in total. The summed E-state index contributed by atoms with van der Waals surface area (Å²) in [6, 6.07) is 4.28. The number of hydrogen-bond donors (Lipinski definition) is 5. The number of anilines is 1. The van der Waals surface area contributed by atoms with Crippen LogP contribution in [0.15, 0.2) is 18.2 Å². The van der Waals surface area contributed by atoms with Crippen LogP contribution in [0, 0.1) is 0 Å². The van der Waals surface area contributed by atoms with E-state index >= 15 is 0 Å². The first-order valence-corrected chi connectivity index (χ1v) is 4.58. The van der Waals surface area contributed by atoms with Gasteiger partial charge in [0, 0.05) is 5.56 Å². The third-order valence-corrected chi connectivity index (χ3v) is 2.17. The molecule has 6 nitrogen and oxygen atoms in total. The summed E-state index contributed by atoms with van der Waals surface area (Å²) in [5, 5.41) is 36.9. The van der Waals surface area contributed by atoms with E-state index in [2.05, 4.69) is 0 Å². The van der Waals surface area contributed by atoms with Crippen LogP contribution in [0.3, 0.4) is 0 Å². The van der Waals surface area contributed by atoms with Gasteiger partial charge in [-0.05, 0) is 6.07 Å². The lowest BCUT2D eigenvalue weighted by molar-refractivity contribution is -0.141. The summed E-state index contributed by atoms with van der Waals surface area (Å²) in [5.74, 6) is -1.59. The van der Waals surface area contributed by atoms with E-state index in [1.807, 2.05) is 0 Å². The maximum atomic E-state index is 10.3. The number of phenolic OH excluding ortho intramolecular Hbond substituents is 1. The largest absolute Gasteiger partial charge is 0.505 e. The molecule has 0 bridgehead atoms. The number of aromatic hydroxyl groups is 1. The van der Waals surface area contributed by atoms with Crippen molar-refractivity contribution in [3.63, 3.8) is 0 Å². The van der Waals surface area contributed by atoms with E-state index in [0.717, 1.165) is 0 Å². The van der Waals surface area contributed by atoms with Crippen molar-refractivity contribution in [3.05, 3.63) is 23.8 Å². The molecule has 88 valence electrons. The van der Waals surface area contributed by atoms with E-state index in [1.54, 1.807) is 0 Å². The molecule has 1 aromatic carbocycles. The Morgan fingerprint density at radius 3 is 2.56 bits per heavy atom. The SMILES string of the molecule is Nc1cccc(C(O)C(O)CC(=O)O)c1O. The smallest absolute Gasteiger partial charge is 0.306 e. The molecule has 2 unspecified atom stereocenters. The molecule has 0 aliphatic rings. The molecule has 1 aromatic rings. The van der Waals surface area contributed by atoms with Gasteiger partial charge < -0.3 is 26.2 Å². The van der Waals surface area contributed by atoms with Crippen LogP contribution in [0.4, 0.5) is 5.69 Å². The number of nitrogen functional groups attached to an aromatic ring is 1. The van der Waals surface area contributed by atoms with Crippen LogP contribution in [0.5, 0.6) is 5.75 Å². The van der Waals surface area contributed by atoms with E-state index in [4.69, 9.17) is 10.8 Å². The summed E-state index contributed by atoms with van der Waals surface area (Å²) in [6.07, 6.45) is -3.60. The minimum Gasteiger partial charge on any atom is -0.505 e. The Balaban J connectivity index is 2.91. The Morgan fingerprint density at radius 1 is 1.38 bits per heavy atom. The molecule has 0 spiro atoms. The fraction of sp³-hybridized carbons (Fsp3) is 0.300. The van der Waals surface area contributed by atoms with Gasteiger partial charge in [-0.2, -0.15) is 0 Å². The standard InChI is InChI=1S/C10H13NO5/c11-6-3-1-2-5(9(6)15)10(16)7(12)4-8(13)14/h1-3,7,10,12,15-16H,4,11H2,(H,13,14). The number of para-hydroxylation sites is 1. The molecule has 0 fully saturated rings. The molecule has 0 aromatic heterocycles. The van der Waals surface area contributed by atoms with E-state index in [-0.39, 0.29) is 17.0 Å². The van der Waals surface area contributed by atoms with Crippen molar-refractivity contribution in [1.82, 2.24) is 0 Å². The quantitative estimate of drug-likeness (QED) is 0.360. The Hall–Kier alpha value is -1.79. The monoisotopic (exact) mass is 227 g/mol. The number of carbonyl (C=O) groups is 1. The van der Waals surface area contributed by atoms with Gasteiger partial charge in [0.2, 0.25) is 0 Å². The predicted octanol–water partition coefficient (Wildman–Crippen LogP) is -0.157. The zero-order valence-corrected chi connectivity index (χ0v) is 8.37. The second-order valence-corrected chi connectivity index (χ2v) is 3.40. The van der Waals surface area contributed by atoms with Crippen molar-refractivity contribution >= 4 is 11.7 Å². The molecular formula is C10H13NO5. The Labute approximate surface area is 91.6 Å².